The van der Waals surface area contributed by atoms with Crippen molar-refractivity contribution in [2.45, 2.75) is 38.3 Å². The Labute approximate surface area is 126 Å². The molecule has 1 aromatic carbocycles. The third kappa shape index (κ3) is 4.17. The van der Waals surface area contributed by atoms with Crippen molar-refractivity contribution in [2.24, 2.45) is 5.92 Å². The van der Waals surface area contributed by atoms with Gasteiger partial charge >= 0.3 is 0 Å². The highest BCUT2D eigenvalue weighted by atomic mass is 19.1. The van der Waals surface area contributed by atoms with Crippen LogP contribution in [0.25, 0.3) is 0 Å². The van der Waals surface area contributed by atoms with Crippen LogP contribution in [0.4, 0.5) is 4.39 Å². The predicted molar refractivity (Wildman–Crippen MR) is 82.0 cm³/mol. The van der Waals surface area contributed by atoms with Crippen LogP contribution in [-0.2, 0) is 6.54 Å². The van der Waals surface area contributed by atoms with Crippen LogP contribution < -0.4 is 10.1 Å². The van der Waals surface area contributed by atoms with Gasteiger partial charge in [0.05, 0.1) is 7.11 Å². The van der Waals surface area contributed by atoms with Crippen molar-refractivity contribution < 1.29 is 9.13 Å². The molecule has 1 saturated heterocycles. The van der Waals surface area contributed by atoms with Crippen LogP contribution >= 0.6 is 0 Å². The van der Waals surface area contributed by atoms with Crippen LogP contribution in [0.15, 0.2) is 18.2 Å². The van der Waals surface area contributed by atoms with Crippen molar-refractivity contribution in [3.05, 3.63) is 29.6 Å². The Morgan fingerprint density at radius 1 is 1.24 bits per heavy atom. The van der Waals surface area contributed by atoms with E-state index in [1.165, 1.54) is 31.7 Å². The zero-order valence-corrected chi connectivity index (χ0v) is 12.8. The van der Waals surface area contributed by atoms with Gasteiger partial charge in [-0.1, -0.05) is 6.07 Å². The number of rotatable bonds is 6. The Morgan fingerprint density at radius 2 is 2.00 bits per heavy atom. The van der Waals surface area contributed by atoms with Gasteiger partial charge in [0.2, 0.25) is 0 Å². The summed E-state index contributed by atoms with van der Waals surface area (Å²) in [4.78, 5) is 2.36. The molecule has 0 atom stereocenters. The maximum atomic E-state index is 14.0. The lowest BCUT2D eigenvalue weighted by molar-refractivity contribution is 0.173. The first-order valence-corrected chi connectivity index (χ1v) is 8.03. The molecule has 3 nitrogen and oxygen atoms in total. The minimum atomic E-state index is -0.160. The molecule has 0 aromatic heterocycles. The molecule has 1 aliphatic carbocycles. The number of nitrogens with zero attached hydrogens (tertiary/aromatic N) is 1. The molecule has 1 aromatic rings. The standard InChI is InChI=1S/C17H25FN2O/c1-21-16-5-2-14(17(18)10-16)12-20-8-6-13(7-9-20)11-19-15-3-4-15/h2,5,10,13,15,19H,3-4,6-9,11-12H2,1H3. The summed E-state index contributed by atoms with van der Waals surface area (Å²) in [6, 6.07) is 5.96. The van der Waals surface area contributed by atoms with Crippen LogP contribution in [0.1, 0.15) is 31.2 Å². The fourth-order valence-corrected chi connectivity index (χ4v) is 2.99. The third-order valence-corrected chi connectivity index (χ3v) is 4.63. The van der Waals surface area contributed by atoms with E-state index in [-0.39, 0.29) is 5.82 Å². The number of likely N-dealkylation sites (tertiary alicyclic amines) is 1. The lowest BCUT2D eigenvalue weighted by atomic mass is 9.96. The molecule has 2 fully saturated rings. The van der Waals surface area contributed by atoms with Crippen molar-refractivity contribution >= 4 is 0 Å². The predicted octanol–water partition coefficient (Wildman–Crippen LogP) is 2.80. The maximum Gasteiger partial charge on any atom is 0.131 e. The highest BCUT2D eigenvalue weighted by Gasteiger charge is 2.24. The van der Waals surface area contributed by atoms with Crippen LogP contribution in [0.3, 0.4) is 0 Å². The Balaban J connectivity index is 1.46. The van der Waals surface area contributed by atoms with E-state index < -0.39 is 0 Å². The van der Waals surface area contributed by atoms with Gasteiger partial charge in [0.15, 0.2) is 0 Å². The third-order valence-electron chi connectivity index (χ3n) is 4.63. The SMILES string of the molecule is COc1ccc(CN2CCC(CNC3CC3)CC2)c(F)c1. The second-order valence-corrected chi connectivity index (χ2v) is 6.36. The smallest absolute Gasteiger partial charge is 0.131 e. The summed E-state index contributed by atoms with van der Waals surface area (Å²) in [5, 5.41) is 3.62. The summed E-state index contributed by atoms with van der Waals surface area (Å²) >= 11 is 0. The molecule has 116 valence electrons. The molecule has 21 heavy (non-hydrogen) atoms. The summed E-state index contributed by atoms with van der Waals surface area (Å²) < 4.78 is 19.0. The number of hydrogen-bond acceptors (Lipinski definition) is 3. The van der Waals surface area contributed by atoms with Crippen molar-refractivity contribution in [1.82, 2.24) is 10.2 Å². The molecule has 0 radical (unpaired) electrons. The Hall–Kier alpha value is -1.13. The van der Waals surface area contributed by atoms with Gasteiger partial charge in [0, 0.05) is 24.2 Å². The molecule has 3 rings (SSSR count). The first-order chi connectivity index (χ1) is 10.2. The maximum absolute atomic E-state index is 14.0. The molecule has 1 aliphatic heterocycles. The van der Waals surface area contributed by atoms with Gasteiger partial charge in [-0.05, 0) is 57.3 Å². The van der Waals surface area contributed by atoms with E-state index >= 15 is 0 Å². The number of benzene rings is 1. The van der Waals surface area contributed by atoms with E-state index in [1.807, 2.05) is 12.1 Å². The molecule has 1 heterocycles. The molecule has 0 bridgehead atoms. The largest absolute Gasteiger partial charge is 0.497 e. The van der Waals surface area contributed by atoms with Crippen LogP contribution in [0.2, 0.25) is 0 Å². The number of ether oxygens (including phenoxy) is 1. The molecule has 0 unspecified atom stereocenters. The first kappa shape index (κ1) is 14.8. The van der Waals surface area contributed by atoms with E-state index in [4.69, 9.17) is 4.74 Å². The van der Waals surface area contributed by atoms with Crippen molar-refractivity contribution in [3.8, 4) is 5.75 Å². The molecule has 2 aliphatic rings. The fourth-order valence-electron chi connectivity index (χ4n) is 2.99. The molecule has 0 amide bonds. The summed E-state index contributed by atoms with van der Waals surface area (Å²) in [7, 11) is 1.56. The van der Waals surface area contributed by atoms with Gasteiger partial charge in [-0.25, -0.2) is 4.39 Å². The molecule has 1 saturated carbocycles. The van der Waals surface area contributed by atoms with Crippen molar-refractivity contribution in [3.63, 3.8) is 0 Å². The highest BCUT2D eigenvalue weighted by Crippen LogP contribution is 2.23. The van der Waals surface area contributed by atoms with E-state index in [0.717, 1.165) is 37.2 Å². The summed E-state index contributed by atoms with van der Waals surface area (Å²) in [5.74, 6) is 1.22. The topological polar surface area (TPSA) is 24.5 Å². The number of halogens is 1. The van der Waals surface area contributed by atoms with Crippen LogP contribution in [0, 0.1) is 11.7 Å². The van der Waals surface area contributed by atoms with E-state index in [0.29, 0.717) is 12.3 Å². The molecular weight excluding hydrogens is 267 g/mol. The summed E-state index contributed by atoms with van der Waals surface area (Å²) in [6.07, 6.45) is 5.15. The molecule has 1 N–H and O–H groups in total. The van der Waals surface area contributed by atoms with Gasteiger partial charge in [0.1, 0.15) is 11.6 Å². The summed E-state index contributed by atoms with van der Waals surface area (Å²) in [5.41, 5.74) is 0.769. The highest BCUT2D eigenvalue weighted by molar-refractivity contribution is 5.28. The quantitative estimate of drug-likeness (QED) is 0.872. The minimum Gasteiger partial charge on any atom is -0.497 e. The van der Waals surface area contributed by atoms with Crippen LogP contribution in [-0.4, -0.2) is 37.7 Å². The van der Waals surface area contributed by atoms with Crippen molar-refractivity contribution in [2.75, 3.05) is 26.7 Å². The van der Waals surface area contributed by atoms with Gasteiger partial charge in [-0.2, -0.15) is 0 Å². The Bertz CT molecular complexity index is 468. The number of hydrogen-bond donors (Lipinski definition) is 1. The average molecular weight is 292 g/mol. The van der Waals surface area contributed by atoms with E-state index in [1.54, 1.807) is 7.11 Å². The van der Waals surface area contributed by atoms with Gasteiger partial charge < -0.3 is 10.1 Å². The number of nitrogens with one attached hydrogen (secondary N) is 1. The average Bonchev–Trinajstić information content (AvgIpc) is 3.33. The van der Waals surface area contributed by atoms with Gasteiger partial charge in [0.25, 0.3) is 0 Å². The number of piperidine rings is 1. The zero-order valence-electron chi connectivity index (χ0n) is 12.8. The van der Waals surface area contributed by atoms with E-state index in [2.05, 4.69) is 10.2 Å². The van der Waals surface area contributed by atoms with E-state index in [9.17, 15) is 4.39 Å². The molecular formula is C17H25FN2O. The fraction of sp³-hybridized carbons (Fsp3) is 0.647. The molecule has 4 heteroatoms. The van der Waals surface area contributed by atoms with Gasteiger partial charge in [-0.15, -0.1) is 0 Å². The second kappa shape index (κ2) is 6.75. The summed E-state index contributed by atoms with van der Waals surface area (Å²) in [6.45, 7) is 4.01. The monoisotopic (exact) mass is 292 g/mol. The minimum absolute atomic E-state index is 0.160. The van der Waals surface area contributed by atoms with Gasteiger partial charge in [-0.3, -0.25) is 4.90 Å². The lowest BCUT2D eigenvalue weighted by Gasteiger charge is -2.32. The second-order valence-electron chi connectivity index (χ2n) is 6.36. The first-order valence-electron chi connectivity index (χ1n) is 8.03. The Morgan fingerprint density at radius 3 is 2.62 bits per heavy atom. The normalized spacial score (nSPS) is 20.7. The number of methoxy groups -OCH3 is 1. The lowest BCUT2D eigenvalue weighted by Crippen LogP contribution is -2.37. The Kier molecular flexibility index (Phi) is 4.76. The van der Waals surface area contributed by atoms with Crippen LogP contribution in [0.5, 0.6) is 5.75 Å². The molecule has 0 spiro atoms. The van der Waals surface area contributed by atoms with Crippen molar-refractivity contribution in [1.29, 1.82) is 0 Å². The zero-order chi connectivity index (χ0) is 14.7.